The Balaban J connectivity index is 0.00000220. The fraction of sp³-hybridized carbons (Fsp3) is 0.455. The first-order valence-corrected chi connectivity index (χ1v) is 8.87. The zero-order valence-electron chi connectivity index (χ0n) is 11.5. The molecule has 1 N–H and O–H groups in total. The van der Waals surface area contributed by atoms with Gasteiger partial charge in [-0.2, -0.15) is 4.31 Å². The van der Waals surface area contributed by atoms with Crippen molar-refractivity contribution >= 4 is 20.1 Å². The van der Waals surface area contributed by atoms with Crippen LogP contribution in [0.3, 0.4) is 0 Å². The van der Waals surface area contributed by atoms with E-state index in [0.29, 0.717) is 13.1 Å². The molecule has 0 bridgehead atoms. The molecule has 10 heteroatoms. The Labute approximate surface area is 146 Å². The Morgan fingerprint density at radius 3 is 2.14 bits per heavy atom. The molecule has 0 saturated carbocycles. The van der Waals surface area contributed by atoms with Gasteiger partial charge in [-0.05, 0) is 18.9 Å². The Bertz CT molecular complexity index is 697. The monoisotopic (exact) mass is 343 g/mol. The van der Waals surface area contributed by atoms with E-state index in [0.717, 1.165) is 18.9 Å². The smallest absolute Gasteiger partial charge is 0.746 e. The van der Waals surface area contributed by atoms with Crippen molar-refractivity contribution in [1.82, 2.24) is 4.31 Å². The summed E-state index contributed by atoms with van der Waals surface area (Å²) in [6.07, 6.45) is 1.45. The molecule has 0 amide bonds. The molecule has 1 heterocycles. The normalized spacial score (nSPS) is 18.2. The number of aliphatic hydroxyl groups excluding tert-OH is 1. The summed E-state index contributed by atoms with van der Waals surface area (Å²) in [5.41, 5.74) is -2.80. The number of rotatable bonds is 4. The first-order chi connectivity index (χ1) is 9.24. The van der Waals surface area contributed by atoms with E-state index < -0.39 is 31.1 Å². The maximum Gasteiger partial charge on any atom is 1.00 e. The summed E-state index contributed by atoms with van der Waals surface area (Å²) in [6.45, 7) is 0.688. The molecule has 1 aliphatic rings. The van der Waals surface area contributed by atoms with Crippen LogP contribution in [0.15, 0.2) is 29.2 Å². The van der Waals surface area contributed by atoms with E-state index in [9.17, 15) is 26.5 Å². The van der Waals surface area contributed by atoms with Gasteiger partial charge in [-0.25, -0.2) is 16.8 Å². The number of benzene rings is 1. The second-order valence-electron chi connectivity index (χ2n) is 4.49. The van der Waals surface area contributed by atoms with Crippen LogP contribution in [0.2, 0.25) is 0 Å². The second-order valence-corrected chi connectivity index (χ2v) is 7.83. The molecule has 0 spiro atoms. The fourth-order valence-electron chi connectivity index (χ4n) is 2.14. The van der Waals surface area contributed by atoms with Gasteiger partial charge in [-0.3, -0.25) is 0 Å². The van der Waals surface area contributed by atoms with Gasteiger partial charge in [0, 0.05) is 18.7 Å². The third kappa shape index (κ3) is 4.05. The van der Waals surface area contributed by atoms with Crippen molar-refractivity contribution in [3.05, 3.63) is 29.8 Å². The molecule has 7 nitrogen and oxygen atoms in total. The summed E-state index contributed by atoms with van der Waals surface area (Å²) in [4.78, 5) is -0.339. The fourth-order valence-corrected chi connectivity index (χ4v) is 4.48. The summed E-state index contributed by atoms with van der Waals surface area (Å²) < 4.78 is 58.8. The number of hydrogen-bond donors (Lipinski definition) is 1. The van der Waals surface area contributed by atoms with Crippen LogP contribution in [0.25, 0.3) is 0 Å². The molecule has 2 rings (SSSR count). The largest absolute Gasteiger partial charge is 1.00 e. The molecule has 21 heavy (non-hydrogen) atoms. The Morgan fingerprint density at radius 1 is 1.10 bits per heavy atom. The van der Waals surface area contributed by atoms with Crippen molar-refractivity contribution < 1.29 is 56.1 Å². The Kier molecular flexibility index (Phi) is 6.40. The van der Waals surface area contributed by atoms with Crippen molar-refractivity contribution in [1.29, 1.82) is 0 Å². The third-order valence-corrected chi connectivity index (χ3v) is 5.91. The van der Waals surface area contributed by atoms with E-state index in [4.69, 9.17) is 0 Å². The predicted octanol–water partition coefficient (Wildman–Crippen LogP) is -2.99. The number of hydrogen-bond acceptors (Lipinski definition) is 6. The van der Waals surface area contributed by atoms with Crippen molar-refractivity contribution in [3.8, 4) is 0 Å². The van der Waals surface area contributed by atoms with Gasteiger partial charge in [0.2, 0.25) is 10.0 Å². The molecule has 1 aromatic carbocycles. The molecule has 1 fully saturated rings. The number of aliphatic hydroxyl groups is 1. The summed E-state index contributed by atoms with van der Waals surface area (Å²) >= 11 is 0. The van der Waals surface area contributed by atoms with Crippen LogP contribution < -0.4 is 29.6 Å². The average molecular weight is 343 g/mol. The zero-order chi connectivity index (χ0) is 15.0. The number of sulfonamides is 1. The van der Waals surface area contributed by atoms with Gasteiger partial charge in [0.25, 0.3) is 0 Å². The van der Waals surface area contributed by atoms with E-state index >= 15 is 0 Å². The van der Waals surface area contributed by atoms with Gasteiger partial charge >= 0.3 is 29.6 Å². The van der Waals surface area contributed by atoms with Crippen LogP contribution in [0.1, 0.15) is 23.8 Å². The zero-order valence-corrected chi connectivity index (χ0v) is 15.1. The molecule has 0 aliphatic carbocycles. The van der Waals surface area contributed by atoms with Crippen LogP contribution in [0, 0.1) is 0 Å². The van der Waals surface area contributed by atoms with Crippen LogP contribution in [-0.2, 0) is 20.1 Å². The molecule has 0 radical (unpaired) electrons. The van der Waals surface area contributed by atoms with Gasteiger partial charge in [0.05, 0.1) is 4.90 Å². The molecule has 1 atom stereocenters. The minimum absolute atomic E-state index is 0. The van der Waals surface area contributed by atoms with Crippen LogP contribution in [0.4, 0.5) is 0 Å². The minimum Gasteiger partial charge on any atom is -0.746 e. The van der Waals surface area contributed by atoms with E-state index in [1.807, 2.05) is 0 Å². The summed E-state index contributed by atoms with van der Waals surface area (Å²) in [6, 6.07) is 5.10. The van der Waals surface area contributed by atoms with Gasteiger partial charge in [-0.15, -0.1) is 0 Å². The van der Waals surface area contributed by atoms with E-state index in [-0.39, 0.29) is 34.5 Å². The third-order valence-electron chi connectivity index (χ3n) is 3.14. The Morgan fingerprint density at radius 2 is 1.62 bits per heavy atom. The minimum atomic E-state index is -5.04. The molecule has 112 valence electrons. The van der Waals surface area contributed by atoms with E-state index in [1.165, 1.54) is 22.5 Å². The van der Waals surface area contributed by atoms with E-state index in [1.54, 1.807) is 0 Å². The van der Waals surface area contributed by atoms with E-state index in [2.05, 4.69) is 0 Å². The van der Waals surface area contributed by atoms with Gasteiger partial charge in [-0.1, -0.05) is 18.2 Å². The standard InChI is InChI=1S/C11H15NO6S2.Na/c13-11(20(16,17)18)9-5-1-2-6-10(9)19(14,15)12-7-3-4-8-12;/h1-2,5-6,11,13H,3-4,7-8H2,(H,16,17,18);/q;+1/p-1. The second kappa shape index (κ2) is 7.05. The molecular weight excluding hydrogens is 329 g/mol. The summed E-state index contributed by atoms with van der Waals surface area (Å²) in [7, 11) is -8.94. The SMILES string of the molecule is O=S(=O)([O-])C(O)c1ccccc1S(=O)(=O)N1CCCC1.[Na+]. The topological polar surface area (TPSA) is 115 Å². The predicted molar refractivity (Wildman–Crippen MR) is 69.1 cm³/mol. The molecule has 1 saturated heterocycles. The van der Waals surface area contributed by atoms with Crippen molar-refractivity contribution in [2.75, 3.05) is 13.1 Å². The van der Waals surface area contributed by atoms with Crippen LogP contribution in [-0.4, -0.2) is 43.9 Å². The molecule has 1 unspecified atom stereocenters. The first kappa shape index (κ1) is 19.0. The molecule has 1 aliphatic heterocycles. The first-order valence-electron chi connectivity index (χ1n) is 5.96. The quantitative estimate of drug-likeness (QED) is 0.461. The van der Waals surface area contributed by atoms with Gasteiger partial charge in [0.15, 0.2) is 5.44 Å². The van der Waals surface area contributed by atoms with Crippen LogP contribution in [0.5, 0.6) is 0 Å². The number of nitrogens with zero attached hydrogens (tertiary/aromatic N) is 1. The maximum absolute atomic E-state index is 12.4. The Hall–Kier alpha value is 0. The molecule has 0 aromatic heterocycles. The summed E-state index contributed by atoms with van der Waals surface area (Å²) in [5, 5.41) is 9.56. The van der Waals surface area contributed by atoms with Crippen molar-refractivity contribution in [2.24, 2.45) is 0 Å². The average Bonchev–Trinajstić information content (AvgIpc) is 2.91. The van der Waals surface area contributed by atoms with Crippen molar-refractivity contribution in [2.45, 2.75) is 23.2 Å². The maximum atomic E-state index is 12.4. The van der Waals surface area contributed by atoms with Gasteiger partial charge in [0.1, 0.15) is 10.1 Å². The molecular formula is C11H14NNaO6S2. The van der Waals surface area contributed by atoms with Crippen molar-refractivity contribution in [3.63, 3.8) is 0 Å². The van der Waals surface area contributed by atoms with Gasteiger partial charge < -0.3 is 9.66 Å². The molecule has 1 aromatic rings. The summed E-state index contributed by atoms with van der Waals surface area (Å²) in [5.74, 6) is 0. The van der Waals surface area contributed by atoms with Crippen LogP contribution >= 0.6 is 0 Å².